The van der Waals surface area contributed by atoms with Crippen LogP contribution < -0.4 is 0 Å². The van der Waals surface area contributed by atoms with Gasteiger partial charge in [-0.1, -0.05) is 48.9 Å². The molecule has 2 nitrogen and oxygen atoms in total. The lowest BCUT2D eigenvalue weighted by Gasteiger charge is -2.28. The van der Waals surface area contributed by atoms with Crippen LogP contribution in [0.25, 0.3) is 0 Å². The molecule has 0 saturated carbocycles. The molecule has 20 heavy (non-hydrogen) atoms. The van der Waals surface area contributed by atoms with Crippen molar-refractivity contribution in [3.63, 3.8) is 0 Å². The summed E-state index contributed by atoms with van der Waals surface area (Å²) in [5.41, 5.74) is 2.91. The Kier molecular flexibility index (Phi) is 5.46. The average Bonchev–Trinajstić information content (AvgIpc) is 2.76. The van der Waals surface area contributed by atoms with Gasteiger partial charge in [-0.05, 0) is 28.3 Å². The number of ether oxygens (including phenoxy) is 1. The third kappa shape index (κ3) is 4.17. The van der Waals surface area contributed by atoms with Gasteiger partial charge in [0.15, 0.2) is 0 Å². The molecule has 2 rings (SSSR count). The Morgan fingerprint density at radius 3 is 2.65 bits per heavy atom. The fourth-order valence-corrected chi connectivity index (χ4v) is 3.15. The predicted octanol–water partition coefficient (Wildman–Crippen LogP) is 4.05. The first kappa shape index (κ1) is 16.2. The highest BCUT2D eigenvalue weighted by Gasteiger charge is 2.24. The van der Waals surface area contributed by atoms with Gasteiger partial charge in [0.05, 0.1) is 6.61 Å². The van der Waals surface area contributed by atoms with Crippen molar-refractivity contribution in [3.05, 3.63) is 33.8 Å². The van der Waals surface area contributed by atoms with E-state index in [0.717, 1.165) is 32.8 Å². The normalized spacial score (nSPS) is 15.9. The van der Waals surface area contributed by atoms with Crippen LogP contribution in [-0.2, 0) is 17.8 Å². The molecule has 0 aliphatic carbocycles. The maximum atomic E-state index is 5.93. The minimum Gasteiger partial charge on any atom is -0.380 e. The van der Waals surface area contributed by atoms with Gasteiger partial charge in [0.25, 0.3) is 0 Å². The minimum absolute atomic E-state index is 0.402. The van der Waals surface area contributed by atoms with Gasteiger partial charge < -0.3 is 4.74 Å². The molecule has 1 aliphatic heterocycles. The molecule has 0 N–H and O–H groups in total. The minimum atomic E-state index is -0.647. The second-order valence-corrected chi connectivity index (χ2v) is 11.6. The number of fused-ring (bicyclic) bond motifs is 1. The zero-order chi connectivity index (χ0) is 14.8. The van der Waals surface area contributed by atoms with Crippen molar-refractivity contribution in [1.29, 1.82) is 0 Å². The van der Waals surface area contributed by atoms with E-state index in [9.17, 15) is 0 Å². The summed E-state index contributed by atoms with van der Waals surface area (Å²) in [5.74, 6) is 0. The van der Waals surface area contributed by atoms with Crippen LogP contribution in [-0.4, -0.2) is 33.5 Å². The Morgan fingerprint density at radius 2 is 1.95 bits per heavy atom. The molecule has 0 atom stereocenters. The van der Waals surface area contributed by atoms with E-state index in [1.807, 2.05) is 0 Å². The van der Waals surface area contributed by atoms with Crippen molar-refractivity contribution in [2.75, 3.05) is 19.8 Å². The van der Waals surface area contributed by atoms with Crippen molar-refractivity contribution in [2.45, 2.75) is 45.1 Å². The zero-order valence-corrected chi connectivity index (χ0v) is 15.8. The van der Waals surface area contributed by atoms with E-state index < -0.39 is 8.80 Å². The van der Waals surface area contributed by atoms with E-state index in [1.165, 1.54) is 15.6 Å². The van der Waals surface area contributed by atoms with Crippen molar-refractivity contribution >= 4 is 24.7 Å². The largest absolute Gasteiger partial charge is 0.380 e. The van der Waals surface area contributed by atoms with Crippen LogP contribution in [0.5, 0.6) is 0 Å². The molecule has 0 bridgehead atoms. The van der Waals surface area contributed by atoms with Crippen molar-refractivity contribution < 1.29 is 4.74 Å². The molecule has 1 aromatic rings. The fourth-order valence-electron chi connectivity index (χ4n) is 2.29. The first-order valence-electron chi connectivity index (χ1n) is 7.46. The summed E-state index contributed by atoms with van der Waals surface area (Å²) in [6, 6.07) is 6.60. The smallest absolute Gasteiger partial charge is 0.0593 e. The van der Waals surface area contributed by atoms with E-state index in [-0.39, 0.29) is 0 Å². The molecule has 112 valence electrons. The highest BCUT2D eigenvalue weighted by Crippen LogP contribution is 2.28. The van der Waals surface area contributed by atoms with Gasteiger partial charge in [-0.15, -0.1) is 0 Å². The topological polar surface area (TPSA) is 12.5 Å². The molecule has 4 heteroatoms. The summed E-state index contributed by atoms with van der Waals surface area (Å²) in [5, 5.41) is 0.402. The first-order valence-corrected chi connectivity index (χ1v) is 11.1. The molecular weight excluding hydrogens is 330 g/mol. The van der Waals surface area contributed by atoms with Crippen LogP contribution in [0.4, 0.5) is 0 Å². The van der Waals surface area contributed by atoms with Gasteiger partial charge >= 0.3 is 0 Å². The maximum absolute atomic E-state index is 5.93. The number of benzene rings is 1. The number of halogens is 1. The summed E-state index contributed by atoms with van der Waals surface area (Å²) in [6.07, 6.45) is 0. The fraction of sp³-hybridized carbons (Fsp3) is 0.625. The lowest BCUT2D eigenvalue weighted by molar-refractivity contribution is 0.0876. The Hall–Kier alpha value is -0.163. The third-order valence-electron chi connectivity index (χ3n) is 4.55. The van der Waals surface area contributed by atoms with Crippen molar-refractivity contribution in [2.24, 2.45) is 0 Å². The quantitative estimate of drug-likeness (QED) is 0.563. The monoisotopic (exact) mass is 355 g/mol. The molecular formula is C16H26BrNOSi. The molecule has 0 amide bonds. The van der Waals surface area contributed by atoms with Gasteiger partial charge in [0, 0.05) is 39.5 Å². The highest BCUT2D eigenvalue weighted by atomic mass is 79.9. The molecule has 0 unspecified atom stereocenters. The predicted molar refractivity (Wildman–Crippen MR) is 92.0 cm³/mol. The Labute approximate surface area is 133 Å². The standard InChI is InChI=1S/C16H26BrNOSi/c1-16(2,20(3)4)12-19-8-7-18-10-13-5-6-15(17)9-14(13)11-18/h5-6,9,20H,7-8,10-12H2,1-4H3. The van der Waals surface area contributed by atoms with E-state index in [4.69, 9.17) is 4.74 Å². The Balaban J connectivity index is 1.73. The second-order valence-electron chi connectivity index (χ2n) is 6.82. The van der Waals surface area contributed by atoms with E-state index in [0.29, 0.717) is 5.04 Å². The summed E-state index contributed by atoms with van der Waals surface area (Å²) in [4.78, 5) is 2.47. The molecule has 0 saturated heterocycles. The summed E-state index contributed by atoms with van der Waals surface area (Å²) < 4.78 is 7.11. The maximum Gasteiger partial charge on any atom is 0.0593 e. The molecule has 0 fully saturated rings. The van der Waals surface area contributed by atoms with Crippen LogP contribution in [0, 0.1) is 0 Å². The zero-order valence-electron chi connectivity index (χ0n) is 13.1. The molecule has 0 spiro atoms. The molecule has 0 aromatic heterocycles. The van der Waals surface area contributed by atoms with E-state index in [1.54, 1.807) is 0 Å². The first-order chi connectivity index (χ1) is 9.38. The van der Waals surface area contributed by atoms with Crippen LogP contribution in [0.3, 0.4) is 0 Å². The molecule has 1 aliphatic rings. The molecule has 1 heterocycles. The van der Waals surface area contributed by atoms with Crippen LogP contribution in [0.1, 0.15) is 25.0 Å². The Bertz CT molecular complexity index is 462. The summed E-state index contributed by atoms with van der Waals surface area (Å²) in [7, 11) is -0.647. The highest BCUT2D eigenvalue weighted by molar-refractivity contribution is 9.10. The van der Waals surface area contributed by atoms with Gasteiger partial charge in [-0.2, -0.15) is 0 Å². The lowest BCUT2D eigenvalue weighted by Crippen LogP contribution is -2.28. The van der Waals surface area contributed by atoms with Crippen molar-refractivity contribution in [3.8, 4) is 0 Å². The lowest BCUT2D eigenvalue weighted by atomic mass is 10.1. The van der Waals surface area contributed by atoms with Gasteiger partial charge in [-0.25, -0.2) is 0 Å². The van der Waals surface area contributed by atoms with Crippen LogP contribution in [0.2, 0.25) is 18.1 Å². The van der Waals surface area contributed by atoms with E-state index >= 15 is 0 Å². The van der Waals surface area contributed by atoms with Gasteiger partial charge in [0.1, 0.15) is 0 Å². The van der Waals surface area contributed by atoms with Crippen LogP contribution in [0.15, 0.2) is 22.7 Å². The summed E-state index contributed by atoms with van der Waals surface area (Å²) in [6.45, 7) is 14.4. The second kappa shape index (κ2) is 6.73. The SMILES string of the molecule is C[SiH](C)C(C)(C)COCCN1Cc2ccc(Br)cc2C1. The number of hydrogen-bond donors (Lipinski definition) is 0. The Morgan fingerprint density at radius 1 is 1.25 bits per heavy atom. The van der Waals surface area contributed by atoms with Gasteiger partial charge in [0.2, 0.25) is 0 Å². The number of nitrogens with zero attached hydrogens (tertiary/aromatic N) is 1. The third-order valence-corrected chi connectivity index (χ3v) is 8.33. The number of rotatable bonds is 6. The van der Waals surface area contributed by atoms with Gasteiger partial charge in [-0.3, -0.25) is 4.90 Å². The average molecular weight is 356 g/mol. The molecule has 0 radical (unpaired) electrons. The summed E-state index contributed by atoms with van der Waals surface area (Å²) >= 11 is 3.54. The van der Waals surface area contributed by atoms with Crippen LogP contribution >= 0.6 is 15.9 Å². The van der Waals surface area contributed by atoms with E-state index in [2.05, 4.69) is 66.0 Å². The molecule has 1 aromatic carbocycles. The van der Waals surface area contributed by atoms with Crippen molar-refractivity contribution in [1.82, 2.24) is 4.90 Å². The number of hydrogen-bond acceptors (Lipinski definition) is 2.